The summed E-state index contributed by atoms with van der Waals surface area (Å²) in [6.45, 7) is 1.94. The van der Waals surface area contributed by atoms with Crippen LogP contribution in [0.1, 0.15) is 12.6 Å². The topological polar surface area (TPSA) is 98.9 Å². The molecule has 0 aliphatic rings. The number of carbonyl (C=O) groups is 2. The van der Waals surface area contributed by atoms with E-state index >= 15 is 0 Å². The van der Waals surface area contributed by atoms with Crippen molar-refractivity contribution in [3.05, 3.63) is 48.3 Å². The Morgan fingerprint density at radius 1 is 1.24 bits per heavy atom. The van der Waals surface area contributed by atoms with E-state index in [2.05, 4.69) is 26.1 Å². The lowest BCUT2D eigenvalue weighted by Crippen LogP contribution is -2.46. The fourth-order valence-electron chi connectivity index (χ4n) is 1.64. The molecular weight excluding hydrogens is 270 g/mol. The number of aromatic nitrogens is 2. The standard InChI is InChI=1S/C14H17N5O2/c1-10(13(20)18-11-5-3-2-4-6-11)17-14(21)15-9-12-7-8-16-19-12/h2-8,10H,9H2,1H3,(H,16,19)(H,18,20)(H2,15,17,21). The van der Waals surface area contributed by atoms with Gasteiger partial charge in [0.2, 0.25) is 5.91 Å². The third-order valence-electron chi connectivity index (χ3n) is 2.78. The van der Waals surface area contributed by atoms with Crippen LogP contribution < -0.4 is 16.0 Å². The molecule has 1 unspecified atom stereocenters. The van der Waals surface area contributed by atoms with Crippen LogP contribution in [0.4, 0.5) is 10.5 Å². The SMILES string of the molecule is CC(NC(=O)NCc1ccn[nH]1)C(=O)Nc1ccccc1. The molecule has 1 atom stereocenters. The van der Waals surface area contributed by atoms with Gasteiger partial charge in [-0.25, -0.2) is 4.79 Å². The highest BCUT2D eigenvalue weighted by atomic mass is 16.2. The Morgan fingerprint density at radius 3 is 2.67 bits per heavy atom. The summed E-state index contributed by atoms with van der Waals surface area (Å²) in [6, 6.07) is 9.76. The summed E-state index contributed by atoms with van der Waals surface area (Å²) in [5.41, 5.74) is 1.47. The second-order valence-electron chi connectivity index (χ2n) is 4.49. The number of aromatic amines is 1. The van der Waals surface area contributed by atoms with Crippen LogP contribution in [0.15, 0.2) is 42.6 Å². The highest BCUT2D eigenvalue weighted by Gasteiger charge is 2.15. The number of anilines is 1. The lowest BCUT2D eigenvalue weighted by atomic mass is 10.2. The van der Waals surface area contributed by atoms with Crippen molar-refractivity contribution in [2.45, 2.75) is 19.5 Å². The van der Waals surface area contributed by atoms with Gasteiger partial charge >= 0.3 is 6.03 Å². The van der Waals surface area contributed by atoms with E-state index in [0.29, 0.717) is 12.2 Å². The molecule has 0 aliphatic carbocycles. The average molecular weight is 287 g/mol. The van der Waals surface area contributed by atoms with Gasteiger partial charge in [0.25, 0.3) is 0 Å². The van der Waals surface area contributed by atoms with Gasteiger partial charge in [-0.1, -0.05) is 18.2 Å². The van der Waals surface area contributed by atoms with Crippen molar-refractivity contribution >= 4 is 17.6 Å². The molecule has 0 radical (unpaired) electrons. The van der Waals surface area contributed by atoms with Gasteiger partial charge in [0, 0.05) is 11.9 Å². The number of hydrogen-bond acceptors (Lipinski definition) is 3. The van der Waals surface area contributed by atoms with Crippen molar-refractivity contribution < 1.29 is 9.59 Å². The molecule has 21 heavy (non-hydrogen) atoms. The minimum atomic E-state index is -0.646. The van der Waals surface area contributed by atoms with Crippen LogP contribution in [0.25, 0.3) is 0 Å². The summed E-state index contributed by atoms with van der Waals surface area (Å²) in [5.74, 6) is -0.280. The summed E-state index contributed by atoms with van der Waals surface area (Å²) in [5, 5.41) is 14.4. The molecule has 1 aromatic carbocycles. The molecule has 2 rings (SSSR count). The van der Waals surface area contributed by atoms with Crippen LogP contribution in [0.5, 0.6) is 0 Å². The minimum Gasteiger partial charge on any atom is -0.333 e. The molecule has 4 N–H and O–H groups in total. The van der Waals surface area contributed by atoms with Crippen LogP contribution in [-0.4, -0.2) is 28.2 Å². The zero-order valence-electron chi connectivity index (χ0n) is 11.6. The summed E-state index contributed by atoms with van der Waals surface area (Å²) < 4.78 is 0. The zero-order valence-corrected chi connectivity index (χ0v) is 11.6. The van der Waals surface area contributed by atoms with Crippen LogP contribution >= 0.6 is 0 Å². The predicted molar refractivity (Wildman–Crippen MR) is 78.5 cm³/mol. The number of urea groups is 1. The lowest BCUT2D eigenvalue weighted by Gasteiger charge is -2.14. The molecule has 1 heterocycles. The Hall–Kier alpha value is -2.83. The van der Waals surface area contributed by atoms with E-state index < -0.39 is 12.1 Å². The summed E-state index contributed by atoms with van der Waals surface area (Å²) in [6.07, 6.45) is 1.60. The van der Waals surface area contributed by atoms with Crippen molar-refractivity contribution in [3.63, 3.8) is 0 Å². The fraction of sp³-hybridized carbons (Fsp3) is 0.214. The molecule has 7 nitrogen and oxygen atoms in total. The smallest absolute Gasteiger partial charge is 0.315 e. The van der Waals surface area contributed by atoms with E-state index in [0.717, 1.165) is 5.69 Å². The largest absolute Gasteiger partial charge is 0.333 e. The zero-order chi connectivity index (χ0) is 15.1. The molecule has 0 spiro atoms. The molecule has 0 saturated heterocycles. The van der Waals surface area contributed by atoms with Crippen molar-refractivity contribution in [2.75, 3.05) is 5.32 Å². The number of nitrogens with one attached hydrogen (secondary N) is 4. The van der Waals surface area contributed by atoms with E-state index in [1.165, 1.54) is 0 Å². The molecule has 3 amide bonds. The van der Waals surface area contributed by atoms with Gasteiger partial charge in [-0.2, -0.15) is 5.10 Å². The fourth-order valence-corrected chi connectivity index (χ4v) is 1.64. The van der Waals surface area contributed by atoms with Gasteiger partial charge in [-0.05, 0) is 25.1 Å². The monoisotopic (exact) mass is 287 g/mol. The summed E-state index contributed by atoms with van der Waals surface area (Å²) in [7, 11) is 0. The Balaban J connectivity index is 1.76. The molecule has 0 aliphatic heterocycles. The number of benzene rings is 1. The number of hydrogen-bond donors (Lipinski definition) is 4. The van der Waals surface area contributed by atoms with E-state index in [4.69, 9.17) is 0 Å². The van der Waals surface area contributed by atoms with Crippen molar-refractivity contribution in [3.8, 4) is 0 Å². The minimum absolute atomic E-state index is 0.280. The maximum atomic E-state index is 11.9. The molecule has 0 bridgehead atoms. The predicted octanol–water partition coefficient (Wildman–Crippen LogP) is 1.24. The number of H-pyrrole nitrogens is 1. The third-order valence-corrected chi connectivity index (χ3v) is 2.78. The number of para-hydroxylation sites is 1. The lowest BCUT2D eigenvalue weighted by molar-refractivity contribution is -0.117. The maximum Gasteiger partial charge on any atom is 0.315 e. The van der Waals surface area contributed by atoms with Gasteiger partial charge in [0.1, 0.15) is 6.04 Å². The van der Waals surface area contributed by atoms with Crippen molar-refractivity contribution in [1.29, 1.82) is 0 Å². The van der Waals surface area contributed by atoms with Gasteiger partial charge in [-0.3, -0.25) is 9.89 Å². The van der Waals surface area contributed by atoms with Gasteiger partial charge in [0.15, 0.2) is 0 Å². The molecule has 1 aromatic heterocycles. The molecular formula is C14H17N5O2. The van der Waals surface area contributed by atoms with Crippen LogP contribution in [-0.2, 0) is 11.3 Å². The quantitative estimate of drug-likeness (QED) is 0.665. The first-order valence-corrected chi connectivity index (χ1v) is 6.53. The Morgan fingerprint density at radius 2 is 2.00 bits per heavy atom. The number of carbonyl (C=O) groups excluding carboxylic acids is 2. The molecule has 0 saturated carbocycles. The maximum absolute atomic E-state index is 11.9. The van der Waals surface area contributed by atoms with Crippen LogP contribution in [0.2, 0.25) is 0 Å². The molecule has 7 heteroatoms. The van der Waals surface area contributed by atoms with Gasteiger partial charge < -0.3 is 16.0 Å². The van der Waals surface area contributed by atoms with E-state index in [-0.39, 0.29) is 5.91 Å². The summed E-state index contributed by atoms with van der Waals surface area (Å²) >= 11 is 0. The second kappa shape index (κ2) is 7.09. The Bertz CT molecular complexity index is 583. The van der Waals surface area contributed by atoms with Gasteiger partial charge in [0.05, 0.1) is 12.2 Å². The highest BCUT2D eigenvalue weighted by Crippen LogP contribution is 2.05. The van der Waals surface area contributed by atoms with E-state index in [1.54, 1.807) is 31.3 Å². The molecule has 110 valence electrons. The normalized spacial score (nSPS) is 11.5. The van der Waals surface area contributed by atoms with E-state index in [9.17, 15) is 9.59 Å². The number of amides is 3. The Labute approximate surface area is 122 Å². The van der Waals surface area contributed by atoms with E-state index in [1.807, 2.05) is 18.2 Å². The first-order valence-electron chi connectivity index (χ1n) is 6.53. The molecule has 0 fully saturated rings. The second-order valence-corrected chi connectivity index (χ2v) is 4.49. The number of nitrogens with zero attached hydrogens (tertiary/aromatic N) is 1. The highest BCUT2D eigenvalue weighted by molar-refractivity contribution is 5.96. The third kappa shape index (κ3) is 4.64. The van der Waals surface area contributed by atoms with Crippen LogP contribution in [0, 0.1) is 0 Å². The van der Waals surface area contributed by atoms with Crippen LogP contribution in [0.3, 0.4) is 0 Å². The molecule has 2 aromatic rings. The first kappa shape index (κ1) is 14.6. The van der Waals surface area contributed by atoms with Gasteiger partial charge in [-0.15, -0.1) is 0 Å². The first-order chi connectivity index (χ1) is 10.1. The Kier molecular flexibility index (Phi) is 4.92. The van der Waals surface area contributed by atoms with Crippen molar-refractivity contribution in [1.82, 2.24) is 20.8 Å². The van der Waals surface area contributed by atoms with Crippen molar-refractivity contribution in [2.24, 2.45) is 0 Å². The summed E-state index contributed by atoms with van der Waals surface area (Å²) in [4.78, 5) is 23.6. The number of rotatable bonds is 5. The average Bonchev–Trinajstić information content (AvgIpc) is 2.99.